The Hall–Kier alpha value is -3.16. The Kier molecular flexibility index (Phi) is 6.81. The number of carbonyl (C=O) groups is 2. The number of nitrogens with zero attached hydrogens (tertiary/aromatic N) is 4. The standard InChI is InChI=1S/C25H33N5O3/c1-25(2,3)14-23(31)29-12-9-22(10-13-29)33-21-6-4-19(5-7-21)28-24(32)18-16-30(17-18)20-8-11-26-27-15-20/h4-8,11,15,18,22H,9-10,12-14,16-17H2,1-3H3,(H,28,32). The molecule has 0 aliphatic carbocycles. The fraction of sp³-hybridized carbons (Fsp3) is 0.520. The van der Waals surface area contributed by atoms with Gasteiger partial charge in [-0.2, -0.15) is 10.2 Å². The van der Waals surface area contributed by atoms with Crippen molar-refractivity contribution in [1.82, 2.24) is 15.1 Å². The number of likely N-dealkylation sites (tertiary alicyclic amines) is 1. The van der Waals surface area contributed by atoms with Gasteiger partial charge in [-0.25, -0.2) is 0 Å². The summed E-state index contributed by atoms with van der Waals surface area (Å²) in [6, 6.07) is 9.43. The number of rotatable bonds is 6. The molecule has 4 rings (SSSR count). The second kappa shape index (κ2) is 9.77. The number of hydrogen-bond acceptors (Lipinski definition) is 6. The van der Waals surface area contributed by atoms with Gasteiger partial charge >= 0.3 is 0 Å². The lowest BCUT2D eigenvalue weighted by Crippen LogP contribution is -2.52. The lowest BCUT2D eigenvalue weighted by atomic mass is 9.91. The highest BCUT2D eigenvalue weighted by molar-refractivity contribution is 5.94. The zero-order chi connectivity index (χ0) is 23.4. The fourth-order valence-electron chi connectivity index (χ4n) is 4.17. The fourth-order valence-corrected chi connectivity index (χ4v) is 4.17. The third-order valence-corrected chi connectivity index (χ3v) is 6.09. The molecule has 3 heterocycles. The summed E-state index contributed by atoms with van der Waals surface area (Å²) in [5.74, 6) is 0.995. The molecule has 2 aliphatic heterocycles. The van der Waals surface area contributed by atoms with Crippen molar-refractivity contribution in [2.45, 2.75) is 46.1 Å². The Morgan fingerprint density at radius 3 is 2.36 bits per heavy atom. The van der Waals surface area contributed by atoms with Gasteiger partial charge in [-0.05, 0) is 35.7 Å². The Morgan fingerprint density at radius 1 is 1.06 bits per heavy atom. The molecule has 176 valence electrons. The van der Waals surface area contributed by atoms with Crippen molar-refractivity contribution in [3.05, 3.63) is 42.7 Å². The summed E-state index contributed by atoms with van der Waals surface area (Å²) in [5.41, 5.74) is 1.76. The molecule has 33 heavy (non-hydrogen) atoms. The third-order valence-electron chi connectivity index (χ3n) is 6.09. The van der Waals surface area contributed by atoms with Crippen LogP contribution in [0.5, 0.6) is 5.75 Å². The van der Waals surface area contributed by atoms with Crippen LogP contribution >= 0.6 is 0 Å². The number of ether oxygens (including phenoxy) is 1. The molecule has 1 aromatic carbocycles. The number of benzene rings is 1. The topological polar surface area (TPSA) is 87.7 Å². The molecule has 2 fully saturated rings. The zero-order valence-electron chi connectivity index (χ0n) is 19.7. The number of carbonyl (C=O) groups excluding carboxylic acids is 2. The van der Waals surface area contributed by atoms with Crippen molar-refractivity contribution in [2.24, 2.45) is 11.3 Å². The number of hydrogen-bond donors (Lipinski definition) is 1. The molecule has 0 radical (unpaired) electrons. The van der Waals surface area contributed by atoms with E-state index < -0.39 is 0 Å². The van der Waals surface area contributed by atoms with Gasteiger partial charge in [0.05, 0.1) is 24.0 Å². The minimum Gasteiger partial charge on any atom is -0.490 e. The quantitative estimate of drug-likeness (QED) is 0.725. The second-order valence-electron chi connectivity index (χ2n) is 10.2. The Morgan fingerprint density at radius 2 is 1.76 bits per heavy atom. The maximum Gasteiger partial charge on any atom is 0.231 e. The second-order valence-corrected chi connectivity index (χ2v) is 10.2. The Labute approximate surface area is 195 Å². The average Bonchev–Trinajstić information content (AvgIpc) is 2.74. The van der Waals surface area contributed by atoms with Crippen LogP contribution in [0.2, 0.25) is 0 Å². The van der Waals surface area contributed by atoms with Gasteiger partial charge in [0.25, 0.3) is 0 Å². The molecular formula is C25H33N5O3. The van der Waals surface area contributed by atoms with Crippen LogP contribution in [0, 0.1) is 11.3 Å². The van der Waals surface area contributed by atoms with Crippen molar-refractivity contribution in [1.29, 1.82) is 0 Å². The van der Waals surface area contributed by atoms with E-state index >= 15 is 0 Å². The smallest absolute Gasteiger partial charge is 0.231 e. The van der Waals surface area contributed by atoms with Crippen LogP contribution in [-0.2, 0) is 9.59 Å². The van der Waals surface area contributed by atoms with Crippen LogP contribution in [-0.4, -0.2) is 59.2 Å². The maximum absolute atomic E-state index is 12.5. The predicted octanol–water partition coefficient (Wildman–Crippen LogP) is 3.36. The molecule has 0 spiro atoms. The van der Waals surface area contributed by atoms with Crippen molar-refractivity contribution < 1.29 is 14.3 Å². The van der Waals surface area contributed by atoms with Gasteiger partial charge in [-0.3, -0.25) is 9.59 Å². The SMILES string of the molecule is CC(C)(C)CC(=O)N1CCC(Oc2ccc(NC(=O)C3CN(c4ccnnc4)C3)cc2)CC1. The number of piperidine rings is 1. The molecule has 1 N–H and O–H groups in total. The predicted molar refractivity (Wildman–Crippen MR) is 127 cm³/mol. The summed E-state index contributed by atoms with van der Waals surface area (Å²) in [5, 5.41) is 10.6. The highest BCUT2D eigenvalue weighted by atomic mass is 16.5. The normalized spacial score (nSPS) is 17.4. The molecule has 2 aromatic rings. The van der Waals surface area contributed by atoms with Gasteiger partial charge < -0.3 is 19.9 Å². The van der Waals surface area contributed by atoms with E-state index in [4.69, 9.17) is 4.74 Å². The zero-order valence-corrected chi connectivity index (χ0v) is 19.7. The summed E-state index contributed by atoms with van der Waals surface area (Å²) >= 11 is 0. The Bertz CT molecular complexity index is 944. The first kappa shape index (κ1) is 23.0. The van der Waals surface area contributed by atoms with Gasteiger partial charge in [-0.15, -0.1) is 0 Å². The van der Waals surface area contributed by atoms with Gasteiger partial charge in [0.1, 0.15) is 11.9 Å². The summed E-state index contributed by atoms with van der Waals surface area (Å²) in [6.07, 6.45) is 5.71. The van der Waals surface area contributed by atoms with Crippen LogP contribution in [0.4, 0.5) is 11.4 Å². The van der Waals surface area contributed by atoms with Crippen LogP contribution in [0.25, 0.3) is 0 Å². The van der Waals surface area contributed by atoms with E-state index in [2.05, 4.69) is 41.2 Å². The first-order chi connectivity index (χ1) is 15.8. The number of aromatic nitrogens is 2. The van der Waals surface area contributed by atoms with Crippen LogP contribution in [0.3, 0.4) is 0 Å². The summed E-state index contributed by atoms with van der Waals surface area (Å²) in [4.78, 5) is 29.0. The molecule has 0 atom stereocenters. The molecule has 2 aliphatic rings. The minimum atomic E-state index is -0.0414. The molecule has 0 unspecified atom stereocenters. The molecule has 1 aromatic heterocycles. The first-order valence-electron chi connectivity index (χ1n) is 11.6. The monoisotopic (exact) mass is 451 g/mol. The van der Waals surface area contributed by atoms with E-state index in [0.717, 1.165) is 43.1 Å². The number of anilines is 2. The lowest BCUT2D eigenvalue weighted by Gasteiger charge is -2.39. The van der Waals surface area contributed by atoms with E-state index in [9.17, 15) is 9.59 Å². The molecule has 8 heteroatoms. The van der Waals surface area contributed by atoms with Gasteiger partial charge in [0.15, 0.2) is 0 Å². The van der Waals surface area contributed by atoms with Crippen molar-refractivity contribution in [3.8, 4) is 5.75 Å². The molecule has 8 nitrogen and oxygen atoms in total. The molecule has 0 bridgehead atoms. The van der Waals surface area contributed by atoms with E-state index in [1.165, 1.54) is 0 Å². The highest BCUT2D eigenvalue weighted by Crippen LogP contribution is 2.26. The van der Waals surface area contributed by atoms with Crippen molar-refractivity contribution in [3.63, 3.8) is 0 Å². The molecule has 0 saturated carbocycles. The number of amides is 2. The van der Waals surface area contributed by atoms with E-state index in [1.54, 1.807) is 12.4 Å². The molecule has 2 amide bonds. The van der Waals surface area contributed by atoms with Gasteiger partial charge in [0, 0.05) is 51.1 Å². The summed E-state index contributed by atoms with van der Waals surface area (Å²) in [6.45, 7) is 9.10. The van der Waals surface area contributed by atoms with Crippen LogP contribution < -0.4 is 15.0 Å². The first-order valence-corrected chi connectivity index (χ1v) is 11.6. The lowest BCUT2D eigenvalue weighted by molar-refractivity contribution is -0.134. The van der Waals surface area contributed by atoms with Gasteiger partial charge in [0.2, 0.25) is 11.8 Å². The van der Waals surface area contributed by atoms with E-state index in [-0.39, 0.29) is 29.3 Å². The summed E-state index contributed by atoms with van der Waals surface area (Å²) in [7, 11) is 0. The Balaban J connectivity index is 1.19. The third kappa shape index (κ3) is 6.21. The van der Waals surface area contributed by atoms with Crippen molar-refractivity contribution >= 4 is 23.2 Å². The van der Waals surface area contributed by atoms with Crippen LogP contribution in [0.1, 0.15) is 40.0 Å². The summed E-state index contributed by atoms with van der Waals surface area (Å²) < 4.78 is 6.12. The minimum absolute atomic E-state index is 0.0106. The maximum atomic E-state index is 12.5. The van der Waals surface area contributed by atoms with E-state index in [1.807, 2.05) is 35.2 Å². The highest BCUT2D eigenvalue weighted by Gasteiger charge is 2.33. The van der Waals surface area contributed by atoms with Crippen molar-refractivity contribution in [2.75, 3.05) is 36.4 Å². The number of nitrogens with one attached hydrogen (secondary N) is 1. The largest absolute Gasteiger partial charge is 0.490 e. The van der Waals surface area contributed by atoms with Gasteiger partial charge in [-0.1, -0.05) is 20.8 Å². The van der Waals surface area contributed by atoms with E-state index in [0.29, 0.717) is 19.5 Å². The molecule has 2 saturated heterocycles. The average molecular weight is 452 g/mol. The van der Waals surface area contributed by atoms with Crippen LogP contribution in [0.15, 0.2) is 42.7 Å². The molecular weight excluding hydrogens is 418 g/mol.